The summed E-state index contributed by atoms with van der Waals surface area (Å²) in [6, 6.07) is 11.8. The average molecular weight is 447 g/mol. The van der Waals surface area contributed by atoms with E-state index in [1.807, 2.05) is 48.6 Å². The quantitative estimate of drug-likeness (QED) is 0.341. The van der Waals surface area contributed by atoms with Crippen molar-refractivity contribution in [3.63, 3.8) is 0 Å². The van der Waals surface area contributed by atoms with Gasteiger partial charge in [0.15, 0.2) is 0 Å². The Kier molecular flexibility index (Phi) is 12.1. The summed E-state index contributed by atoms with van der Waals surface area (Å²) < 4.78 is 0. The topological polar surface area (TPSA) is 25.8 Å². The fourth-order valence-corrected chi connectivity index (χ4v) is 2.72. The van der Waals surface area contributed by atoms with Crippen LogP contribution < -0.4 is 0 Å². The van der Waals surface area contributed by atoms with Gasteiger partial charge in [0.25, 0.3) is 0 Å². The predicted molar refractivity (Wildman–Crippen MR) is 149 cm³/mol. The minimum Gasteiger partial charge on any atom is -0.257 e. The smallest absolute Gasteiger partial charge is 0.0629 e. The van der Waals surface area contributed by atoms with Crippen LogP contribution in [0.2, 0.25) is 0 Å². The van der Waals surface area contributed by atoms with Gasteiger partial charge in [0, 0.05) is 12.4 Å². The Balaban J connectivity index is 1.81. The van der Waals surface area contributed by atoms with Crippen LogP contribution in [0.1, 0.15) is 39.1 Å². The third-order valence-corrected chi connectivity index (χ3v) is 4.68. The van der Waals surface area contributed by atoms with Crippen molar-refractivity contribution in [3.05, 3.63) is 155 Å². The Hall–Kier alpha value is -4.04. The standard InChI is InChI=1S/C32H34N2/c1-27(15-11-17-29(3)21-23-31-19-7-9-25-33-31)13-5-6-14-28(2)16-12-18-30(4)22-24-32-20-8-10-26-34-32/h5-26H,1-4H3/b6-5+,15-11+,16-12+,23-21+,24-22+,27-13+,28-14+,29-17+,30-18+. The van der Waals surface area contributed by atoms with Crippen LogP contribution >= 0.6 is 0 Å². The maximum Gasteiger partial charge on any atom is 0.0629 e. The van der Waals surface area contributed by atoms with Crippen molar-refractivity contribution in [2.75, 3.05) is 0 Å². The highest BCUT2D eigenvalue weighted by Gasteiger charge is 1.86. The molecule has 34 heavy (non-hydrogen) atoms. The van der Waals surface area contributed by atoms with E-state index in [1.54, 1.807) is 12.4 Å². The molecule has 2 heterocycles. The Morgan fingerprint density at radius 3 is 1.26 bits per heavy atom. The van der Waals surface area contributed by atoms with Gasteiger partial charge < -0.3 is 0 Å². The molecule has 0 amide bonds. The van der Waals surface area contributed by atoms with Crippen molar-refractivity contribution in [1.29, 1.82) is 0 Å². The highest BCUT2D eigenvalue weighted by molar-refractivity contribution is 5.49. The van der Waals surface area contributed by atoms with Crippen LogP contribution in [0.5, 0.6) is 0 Å². The zero-order valence-corrected chi connectivity index (χ0v) is 20.6. The second-order valence-electron chi connectivity index (χ2n) is 7.92. The number of hydrogen-bond donors (Lipinski definition) is 0. The first kappa shape index (κ1) is 26.2. The van der Waals surface area contributed by atoms with Crippen LogP contribution in [-0.2, 0) is 0 Å². The summed E-state index contributed by atoms with van der Waals surface area (Å²) in [5.41, 5.74) is 6.64. The van der Waals surface area contributed by atoms with Gasteiger partial charge in [-0.15, -0.1) is 0 Å². The molecular formula is C32H34N2. The molecule has 2 heteroatoms. The number of allylic oxidation sites excluding steroid dienone is 16. The number of nitrogens with zero attached hydrogens (tertiary/aromatic N) is 2. The van der Waals surface area contributed by atoms with E-state index in [4.69, 9.17) is 0 Å². The molecule has 0 saturated heterocycles. The summed E-state index contributed by atoms with van der Waals surface area (Å²) in [7, 11) is 0. The zero-order chi connectivity index (χ0) is 24.4. The Morgan fingerprint density at radius 2 is 0.882 bits per heavy atom. The van der Waals surface area contributed by atoms with E-state index in [2.05, 4.69) is 111 Å². The van der Waals surface area contributed by atoms with Crippen LogP contribution in [-0.4, -0.2) is 9.97 Å². The van der Waals surface area contributed by atoms with Gasteiger partial charge >= 0.3 is 0 Å². The highest BCUT2D eigenvalue weighted by Crippen LogP contribution is 2.05. The second-order valence-corrected chi connectivity index (χ2v) is 7.92. The van der Waals surface area contributed by atoms with Crippen molar-refractivity contribution >= 4 is 12.2 Å². The molecule has 172 valence electrons. The van der Waals surface area contributed by atoms with E-state index in [9.17, 15) is 0 Å². The SMILES string of the molecule is CC(/C=C/C=C(C)/C=C/c1ccccn1)=C\C=C\C=C(C)\C=C\C=C(C)\C=C\c1ccccn1. The predicted octanol–water partition coefficient (Wildman–Crippen LogP) is 8.66. The van der Waals surface area contributed by atoms with Crippen molar-refractivity contribution in [1.82, 2.24) is 9.97 Å². The van der Waals surface area contributed by atoms with Crippen LogP contribution in [0.25, 0.3) is 12.2 Å². The van der Waals surface area contributed by atoms with E-state index in [1.165, 1.54) is 22.3 Å². The zero-order valence-electron chi connectivity index (χ0n) is 20.6. The molecule has 0 atom stereocenters. The fourth-order valence-electron chi connectivity index (χ4n) is 2.72. The largest absolute Gasteiger partial charge is 0.257 e. The first-order chi connectivity index (χ1) is 16.5. The van der Waals surface area contributed by atoms with E-state index in [0.29, 0.717) is 0 Å². The van der Waals surface area contributed by atoms with E-state index in [-0.39, 0.29) is 0 Å². The average Bonchev–Trinajstić information content (AvgIpc) is 2.85. The third-order valence-electron chi connectivity index (χ3n) is 4.68. The van der Waals surface area contributed by atoms with Crippen molar-refractivity contribution in [2.24, 2.45) is 0 Å². The lowest BCUT2D eigenvalue weighted by Crippen LogP contribution is -1.76. The fraction of sp³-hybridized carbons (Fsp3) is 0.125. The molecule has 0 fully saturated rings. The molecule has 0 aliphatic carbocycles. The summed E-state index contributed by atoms with van der Waals surface area (Å²) in [5, 5.41) is 0. The van der Waals surface area contributed by atoms with Gasteiger partial charge in [-0.2, -0.15) is 0 Å². The molecule has 0 spiro atoms. The molecule has 0 saturated carbocycles. The second kappa shape index (κ2) is 15.7. The molecule has 0 aromatic carbocycles. The monoisotopic (exact) mass is 446 g/mol. The maximum atomic E-state index is 4.29. The first-order valence-electron chi connectivity index (χ1n) is 11.4. The molecular weight excluding hydrogens is 412 g/mol. The van der Waals surface area contributed by atoms with E-state index < -0.39 is 0 Å². The lowest BCUT2D eigenvalue weighted by Gasteiger charge is -1.92. The van der Waals surface area contributed by atoms with Gasteiger partial charge in [0.1, 0.15) is 0 Å². The summed E-state index contributed by atoms with van der Waals surface area (Å²) in [4.78, 5) is 8.58. The molecule has 2 rings (SSSR count). The first-order valence-corrected chi connectivity index (χ1v) is 11.4. The molecule has 0 bridgehead atoms. The lowest BCUT2D eigenvalue weighted by molar-refractivity contribution is 1.29. The van der Waals surface area contributed by atoms with Gasteiger partial charge in [-0.3, -0.25) is 9.97 Å². The molecule has 0 aliphatic rings. The van der Waals surface area contributed by atoms with Gasteiger partial charge in [-0.05, 0) is 64.1 Å². The molecule has 0 aliphatic heterocycles. The number of hydrogen-bond acceptors (Lipinski definition) is 2. The summed E-state index contributed by atoms with van der Waals surface area (Å²) in [5.74, 6) is 0. The minimum absolute atomic E-state index is 0.960. The van der Waals surface area contributed by atoms with E-state index in [0.717, 1.165) is 11.4 Å². The van der Waals surface area contributed by atoms with Crippen LogP contribution in [0.15, 0.2) is 144 Å². The van der Waals surface area contributed by atoms with Gasteiger partial charge in [0.2, 0.25) is 0 Å². The van der Waals surface area contributed by atoms with Crippen LogP contribution in [0.3, 0.4) is 0 Å². The van der Waals surface area contributed by atoms with Crippen LogP contribution in [0.4, 0.5) is 0 Å². The van der Waals surface area contributed by atoms with E-state index >= 15 is 0 Å². The molecule has 0 radical (unpaired) electrons. The number of pyridine rings is 2. The van der Waals surface area contributed by atoms with Gasteiger partial charge in [-0.25, -0.2) is 0 Å². The molecule has 0 N–H and O–H groups in total. The Bertz CT molecular complexity index is 1060. The summed E-state index contributed by atoms with van der Waals surface area (Å²) in [6.45, 7) is 8.35. The summed E-state index contributed by atoms with van der Waals surface area (Å²) >= 11 is 0. The number of aromatic nitrogens is 2. The molecule has 2 nitrogen and oxygen atoms in total. The molecule has 2 aromatic heterocycles. The van der Waals surface area contributed by atoms with Crippen LogP contribution in [0, 0.1) is 0 Å². The minimum atomic E-state index is 0.960. The summed E-state index contributed by atoms with van der Waals surface area (Å²) in [6.07, 6.45) is 32.6. The number of rotatable bonds is 10. The Labute approximate surface area is 205 Å². The lowest BCUT2D eigenvalue weighted by atomic mass is 10.2. The van der Waals surface area contributed by atoms with Crippen molar-refractivity contribution < 1.29 is 0 Å². The highest BCUT2D eigenvalue weighted by atomic mass is 14.7. The Morgan fingerprint density at radius 1 is 0.500 bits per heavy atom. The van der Waals surface area contributed by atoms with Gasteiger partial charge in [-0.1, -0.05) is 107 Å². The molecule has 2 aromatic rings. The van der Waals surface area contributed by atoms with Gasteiger partial charge in [0.05, 0.1) is 11.4 Å². The van der Waals surface area contributed by atoms with Crippen molar-refractivity contribution in [3.8, 4) is 0 Å². The van der Waals surface area contributed by atoms with Crippen molar-refractivity contribution in [2.45, 2.75) is 27.7 Å². The third kappa shape index (κ3) is 12.1. The molecule has 0 unspecified atom stereocenters. The maximum absolute atomic E-state index is 4.29. The normalized spacial score (nSPS) is 14.6.